The number of benzene rings is 2. The average molecular weight is 405 g/mol. The molecule has 6 heteroatoms. The Hall–Kier alpha value is -3.54. The van der Waals surface area contributed by atoms with Crippen molar-refractivity contribution in [3.63, 3.8) is 0 Å². The number of hydrazone groups is 1. The van der Waals surface area contributed by atoms with E-state index in [0.29, 0.717) is 17.1 Å². The minimum Gasteiger partial charge on any atom is -0.493 e. The fourth-order valence-electron chi connectivity index (χ4n) is 3.55. The Morgan fingerprint density at radius 1 is 0.967 bits per heavy atom. The van der Waals surface area contributed by atoms with Gasteiger partial charge in [0.1, 0.15) is 0 Å². The topological polar surface area (TPSA) is 64.8 Å². The third kappa shape index (κ3) is 4.22. The second kappa shape index (κ2) is 8.86. The maximum Gasteiger partial charge on any atom is 0.271 e. The van der Waals surface area contributed by atoms with E-state index in [-0.39, 0.29) is 5.91 Å². The number of ether oxygens (including phenoxy) is 2. The first kappa shape index (κ1) is 21.2. The lowest BCUT2D eigenvalue weighted by Crippen LogP contribution is -2.17. The van der Waals surface area contributed by atoms with Crippen LogP contribution in [0.15, 0.2) is 47.6 Å². The first-order chi connectivity index (χ1) is 14.3. The van der Waals surface area contributed by atoms with Crippen molar-refractivity contribution in [2.24, 2.45) is 5.10 Å². The number of hydrogen-bond donors (Lipinski definition) is 1. The molecule has 0 saturated heterocycles. The molecule has 0 spiro atoms. The monoisotopic (exact) mass is 405 g/mol. The number of amides is 1. The molecule has 0 radical (unpaired) electrons. The minimum atomic E-state index is -0.324. The van der Waals surface area contributed by atoms with E-state index >= 15 is 0 Å². The van der Waals surface area contributed by atoms with Crippen molar-refractivity contribution in [2.45, 2.75) is 27.7 Å². The number of carbonyl (C=O) groups excluding carboxylic acids is 1. The Bertz CT molecular complexity index is 1110. The van der Waals surface area contributed by atoms with Gasteiger partial charge in [-0.1, -0.05) is 17.7 Å². The van der Waals surface area contributed by atoms with Gasteiger partial charge < -0.3 is 14.0 Å². The number of aryl methyl sites for hydroxylation is 3. The molecule has 1 heterocycles. The average Bonchev–Trinajstić information content (AvgIpc) is 3.00. The molecule has 0 atom stereocenters. The van der Waals surface area contributed by atoms with E-state index in [1.54, 1.807) is 31.5 Å². The molecule has 156 valence electrons. The van der Waals surface area contributed by atoms with E-state index in [0.717, 1.165) is 22.6 Å². The highest BCUT2D eigenvalue weighted by molar-refractivity contribution is 5.95. The van der Waals surface area contributed by atoms with Crippen LogP contribution in [0.1, 0.15) is 38.4 Å². The lowest BCUT2D eigenvalue weighted by molar-refractivity contribution is 0.0954. The lowest BCUT2D eigenvalue weighted by atomic mass is 10.1. The summed E-state index contributed by atoms with van der Waals surface area (Å²) in [5, 5.41) is 4.15. The molecule has 0 bridgehead atoms. The maximum absolute atomic E-state index is 12.4. The van der Waals surface area contributed by atoms with Crippen molar-refractivity contribution >= 4 is 12.1 Å². The fraction of sp³-hybridized carbons (Fsp3) is 0.250. The number of nitrogens with zero attached hydrogens (tertiary/aromatic N) is 2. The highest BCUT2D eigenvalue weighted by atomic mass is 16.5. The van der Waals surface area contributed by atoms with Gasteiger partial charge in [0.2, 0.25) is 0 Å². The van der Waals surface area contributed by atoms with E-state index < -0.39 is 0 Å². The smallest absolute Gasteiger partial charge is 0.271 e. The quantitative estimate of drug-likeness (QED) is 0.485. The molecule has 0 fully saturated rings. The van der Waals surface area contributed by atoms with Gasteiger partial charge >= 0.3 is 0 Å². The van der Waals surface area contributed by atoms with E-state index in [4.69, 9.17) is 9.47 Å². The summed E-state index contributed by atoms with van der Waals surface area (Å²) >= 11 is 0. The van der Waals surface area contributed by atoms with Crippen LogP contribution >= 0.6 is 0 Å². The Kier molecular flexibility index (Phi) is 6.26. The molecule has 1 aromatic heterocycles. The predicted molar refractivity (Wildman–Crippen MR) is 119 cm³/mol. The van der Waals surface area contributed by atoms with Gasteiger partial charge in [0.15, 0.2) is 11.5 Å². The maximum atomic E-state index is 12.4. The number of nitrogens with one attached hydrogen (secondary N) is 1. The van der Waals surface area contributed by atoms with Crippen molar-refractivity contribution in [3.05, 3.63) is 76.1 Å². The Labute approximate surface area is 177 Å². The van der Waals surface area contributed by atoms with Crippen molar-refractivity contribution in [1.82, 2.24) is 9.99 Å². The molecule has 30 heavy (non-hydrogen) atoms. The second-order valence-corrected chi connectivity index (χ2v) is 7.22. The van der Waals surface area contributed by atoms with E-state index in [2.05, 4.69) is 60.1 Å². The Balaban J connectivity index is 1.80. The van der Waals surface area contributed by atoms with Gasteiger partial charge in [-0.15, -0.1) is 0 Å². The summed E-state index contributed by atoms with van der Waals surface area (Å²) in [5.74, 6) is 0.734. The summed E-state index contributed by atoms with van der Waals surface area (Å²) in [4.78, 5) is 12.4. The van der Waals surface area contributed by atoms with Crippen molar-refractivity contribution < 1.29 is 14.3 Å². The molecule has 3 rings (SSSR count). The van der Waals surface area contributed by atoms with Crippen LogP contribution in [-0.2, 0) is 0 Å². The van der Waals surface area contributed by atoms with Gasteiger partial charge in [0.05, 0.1) is 20.4 Å². The van der Waals surface area contributed by atoms with Crippen LogP contribution in [-0.4, -0.2) is 30.9 Å². The van der Waals surface area contributed by atoms with Crippen LogP contribution in [0.3, 0.4) is 0 Å². The van der Waals surface area contributed by atoms with E-state index in [1.165, 1.54) is 18.2 Å². The normalized spacial score (nSPS) is 11.0. The zero-order valence-electron chi connectivity index (χ0n) is 18.2. The van der Waals surface area contributed by atoms with E-state index in [9.17, 15) is 4.79 Å². The number of aromatic nitrogens is 1. The minimum absolute atomic E-state index is 0.324. The molecule has 6 nitrogen and oxygen atoms in total. The number of rotatable bonds is 6. The largest absolute Gasteiger partial charge is 0.493 e. The molecule has 0 saturated carbocycles. The van der Waals surface area contributed by atoms with Gasteiger partial charge in [-0.25, -0.2) is 5.43 Å². The van der Waals surface area contributed by atoms with Gasteiger partial charge in [-0.2, -0.15) is 5.10 Å². The molecule has 0 aliphatic carbocycles. The standard InChI is InChI=1S/C24H27N3O3/c1-15-7-9-21(16(2)11-15)27-17(3)12-20(18(27)4)14-25-26-24(28)19-8-10-22(29-5)23(13-19)30-6/h7-14H,1-6H3,(H,26,28)/b25-14-. The molecule has 2 aromatic carbocycles. The molecular weight excluding hydrogens is 378 g/mol. The van der Waals surface area contributed by atoms with Crippen molar-refractivity contribution in [1.29, 1.82) is 0 Å². The van der Waals surface area contributed by atoms with Crippen LogP contribution in [0.4, 0.5) is 0 Å². The first-order valence-electron chi connectivity index (χ1n) is 9.67. The van der Waals surface area contributed by atoms with Gasteiger partial charge in [0.25, 0.3) is 5.91 Å². The van der Waals surface area contributed by atoms with Gasteiger partial charge in [-0.05, 0) is 63.6 Å². The lowest BCUT2D eigenvalue weighted by Gasteiger charge is -2.13. The second-order valence-electron chi connectivity index (χ2n) is 7.22. The molecular formula is C24H27N3O3. The van der Waals surface area contributed by atoms with Crippen molar-refractivity contribution in [2.75, 3.05) is 14.2 Å². The third-order valence-electron chi connectivity index (χ3n) is 5.08. The summed E-state index contributed by atoms with van der Waals surface area (Å²) in [5.41, 5.74) is 9.71. The van der Waals surface area contributed by atoms with Gasteiger partial charge in [-0.3, -0.25) is 4.79 Å². The highest BCUT2D eigenvalue weighted by Gasteiger charge is 2.12. The summed E-state index contributed by atoms with van der Waals surface area (Å²) in [7, 11) is 3.08. The summed E-state index contributed by atoms with van der Waals surface area (Å²) in [6.45, 7) is 8.30. The number of methoxy groups -OCH3 is 2. The fourth-order valence-corrected chi connectivity index (χ4v) is 3.55. The molecule has 0 aliphatic heterocycles. The SMILES string of the molecule is COc1ccc(C(=O)N/N=C\c2cc(C)n(-c3ccc(C)cc3C)c2C)cc1OC. The third-order valence-corrected chi connectivity index (χ3v) is 5.08. The zero-order chi connectivity index (χ0) is 21.8. The van der Waals surface area contributed by atoms with E-state index in [1.807, 2.05) is 6.92 Å². The van der Waals surface area contributed by atoms with Crippen LogP contribution < -0.4 is 14.9 Å². The predicted octanol–water partition coefficient (Wildman–Crippen LogP) is 4.49. The van der Waals surface area contributed by atoms with Crippen LogP contribution in [0, 0.1) is 27.7 Å². The molecule has 3 aromatic rings. The molecule has 1 amide bonds. The molecule has 1 N–H and O–H groups in total. The number of carbonyl (C=O) groups is 1. The van der Waals surface area contributed by atoms with Crippen LogP contribution in [0.5, 0.6) is 11.5 Å². The Morgan fingerprint density at radius 2 is 1.70 bits per heavy atom. The first-order valence-corrected chi connectivity index (χ1v) is 9.67. The van der Waals surface area contributed by atoms with Crippen LogP contribution in [0.25, 0.3) is 5.69 Å². The van der Waals surface area contributed by atoms with Gasteiger partial charge in [0, 0.05) is 28.2 Å². The van der Waals surface area contributed by atoms with Crippen molar-refractivity contribution in [3.8, 4) is 17.2 Å². The Morgan fingerprint density at radius 3 is 2.37 bits per heavy atom. The highest BCUT2D eigenvalue weighted by Crippen LogP contribution is 2.27. The summed E-state index contributed by atoms with van der Waals surface area (Å²) in [6, 6.07) is 13.4. The molecule has 0 aliphatic rings. The summed E-state index contributed by atoms with van der Waals surface area (Å²) in [6.07, 6.45) is 1.67. The molecule has 0 unspecified atom stereocenters. The summed E-state index contributed by atoms with van der Waals surface area (Å²) < 4.78 is 12.6. The zero-order valence-corrected chi connectivity index (χ0v) is 18.2. The van der Waals surface area contributed by atoms with Crippen LogP contribution in [0.2, 0.25) is 0 Å². The number of hydrogen-bond acceptors (Lipinski definition) is 4.